The fraction of sp³-hybridized carbons (Fsp3) is 0.280. The van der Waals surface area contributed by atoms with E-state index >= 15 is 0 Å². The first-order chi connectivity index (χ1) is 15.8. The van der Waals surface area contributed by atoms with E-state index in [2.05, 4.69) is 20.9 Å². The van der Waals surface area contributed by atoms with Crippen LogP contribution in [0.1, 0.15) is 36.1 Å². The Hall–Kier alpha value is -3.92. The van der Waals surface area contributed by atoms with Crippen LogP contribution in [0.4, 0.5) is 5.82 Å². The average molecular weight is 425 g/mol. The molecule has 32 heavy (non-hydrogen) atoms. The van der Waals surface area contributed by atoms with Crippen molar-refractivity contribution in [3.8, 4) is 6.07 Å². The van der Waals surface area contributed by atoms with Crippen molar-refractivity contribution >= 4 is 16.9 Å². The molecule has 0 spiro atoms. The lowest BCUT2D eigenvalue weighted by Gasteiger charge is -2.30. The third kappa shape index (κ3) is 3.65. The van der Waals surface area contributed by atoms with E-state index in [1.54, 1.807) is 10.8 Å². The number of hydrogen-bond donors (Lipinski definition) is 0. The Morgan fingerprint density at radius 3 is 2.44 bits per heavy atom. The van der Waals surface area contributed by atoms with Crippen molar-refractivity contribution < 1.29 is 0 Å². The Balaban J connectivity index is 1.72. The van der Waals surface area contributed by atoms with E-state index in [-0.39, 0.29) is 5.56 Å². The van der Waals surface area contributed by atoms with Gasteiger partial charge in [0.1, 0.15) is 28.5 Å². The van der Waals surface area contributed by atoms with E-state index in [0.717, 1.165) is 43.0 Å². The summed E-state index contributed by atoms with van der Waals surface area (Å²) in [6, 6.07) is 18.0. The topological polar surface area (TPSA) is 79.7 Å². The number of rotatable bonds is 5. The number of nitrogens with zero attached hydrogens (tertiary/aromatic N) is 6. The van der Waals surface area contributed by atoms with E-state index in [1.165, 1.54) is 12.7 Å². The van der Waals surface area contributed by atoms with E-state index < -0.39 is 0 Å². The SMILES string of the molecule is N#Cc1c(N2CCCCC2)n(Cc2ccccc2)c2c(=O)n(Cc3ccccn3)cnc12. The van der Waals surface area contributed by atoms with E-state index in [4.69, 9.17) is 0 Å². The van der Waals surface area contributed by atoms with Crippen LogP contribution in [0.5, 0.6) is 0 Å². The van der Waals surface area contributed by atoms with Gasteiger partial charge in [0.05, 0.1) is 18.6 Å². The highest BCUT2D eigenvalue weighted by Gasteiger charge is 2.27. The van der Waals surface area contributed by atoms with Crippen molar-refractivity contribution in [2.24, 2.45) is 0 Å². The summed E-state index contributed by atoms with van der Waals surface area (Å²) in [5.74, 6) is 0.811. The van der Waals surface area contributed by atoms with Gasteiger partial charge in [-0.3, -0.25) is 14.3 Å². The van der Waals surface area contributed by atoms with Gasteiger partial charge in [-0.15, -0.1) is 0 Å². The molecule has 3 aromatic heterocycles. The van der Waals surface area contributed by atoms with Crippen molar-refractivity contribution in [3.05, 3.63) is 88.2 Å². The van der Waals surface area contributed by atoms with Gasteiger partial charge in [-0.2, -0.15) is 5.26 Å². The maximum Gasteiger partial charge on any atom is 0.278 e. The molecular weight excluding hydrogens is 400 g/mol. The smallest absolute Gasteiger partial charge is 0.278 e. The molecule has 0 atom stereocenters. The Morgan fingerprint density at radius 2 is 1.72 bits per heavy atom. The van der Waals surface area contributed by atoms with Gasteiger partial charge in [-0.1, -0.05) is 36.4 Å². The minimum absolute atomic E-state index is 0.156. The Labute approximate surface area is 186 Å². The first-order valence-electron chi connectivity index (χ1n) is 11.0. The normalized spacial score (nSPS) is 13.9. The summed E-state index contributed by atoms with van der Waals surface area (Å²) in [7, 11) is 0. The zero-order valence-corrected chi connectivity index (χ0v) is 17.8. The molecule has 1 aliphatic rings. The Morgan fingerprint density at radius 1 is 0.938 bits per heavy atom. The zero-order chi connectivity index (χ0) is 21.9. The number of anilines is 1. The van der Waals surface area contributed by atoms with Crippen LogP contribution in [0.2, 0.25) is 0 Å². The number of aromatic nitrogens is 4. The van der Waals surface area contributed by atoms with E-state index in [0.29, 0.717) is 29.7 Å². The quantitative estimate of drug-likeness (QED) is 0.489. The summed E-state index contributed by atoms with van der Waals surface area (Å²) in [5, 5.41) is 10.1. The molecule has 0 aliphatic carbocycles. The van der Waals surface area contributed by atoms with Crippen LogP contribution in [0, 0.1) is 11.3 Å². The maximum atomic E-state index is 13.7. The number of pyridine rings is 1. The molecule has 0 radical (unpaired) electrons. The molecule has 0 amide bonds. The van der Waals surface area contributed by atoms with Crippen molar-refractivity contribution in [1.82, 2.24) is 19.1 Å². The van der Waals surface area contributed by atoms with Crippen LogP contribution < -0.4 is 10.5 Å². The molecule has 4 aromatic rings. The van der Waals surface area contributed by atoms with Crippen LogP contribution in [0.25, 0.3) is 11.0 Å². The summed E-state index contributed by atoms with van der Waals surface area (Å²) in [5.41, 5.74) is 3.15. The Kier molecular flexibility index (Phi) is 5.42. The molecular formula is C25H24N6O. The first-order valence-corrected chi connectivity index (χ1v) is 11.0. The fourth-order valence-electron chi connectivity index (χ4n) is 4.49. The summed E-state index contributed by atoms with van der Waals surface area (Å²) >= 11 is 0. The number of benzene rings is 1. The van der Waals surface area contributed by atoms with Crippen LogP contribution in [0.3, 0.4) is 0 Å². The number of hydrogen-bond acceptors (Lipinski definition) is 5. The van der Waals surface area contributed by atoms with Crippen molar-refractivity contribution in [1.29, 1.82) is 5.26 Å². The van der Waals surface area contributed by atoms with Gasteiger partial charge in [0.15, 0.2) is 0 Å². The molecule has 0 bridgehead atoms. The molecule has 1 aromatic carbocycles. The third-order valence-electron chi connectivity index (χ3n) is 6.01. The molecule has 160 valence electrons. The zero-order valence-electron chi connectivity index (χ0n) is 17.8. The second-order valence-corrected chi connectivity index (χ2v) is 8.13. The molecule has 5 rings (SSSR count). The highest BCUT2D eigenvalue weighted by molar-refractivity contribution is 5.89. The molecule has 4 heterocycles. The number of piperidine rings is 1. The molecule has 0 N–H and O–H groups in total. The number of fused-ring (bicyclic) bond motifs is 1. The monoisotopic (exact) mass is 424 g/mol. The molecule has 0 unspecified atom stereocenters. The van der Waals surface area contributed by atoms with Gasteiger partial charge in [-0.05, 0) is 37.0 Å². The van der Waals surface area contributed by atoms with E-state index in [9.17, 15) is 10.1 Å². The molecule has 1 fully saturated rings. The second-order valence-electron chi connectivity index (χ2n) is 8.13. The minimum atomic E-state index is -0.156. The largest absolute Gasteiger partial charge is 0.357 e. The lowest BCUT2D eigenvalue weighted by atomic mass is 10.1. The summed E-state index contributed by atoms with van der Waals surface area (Å²) in [4.78, 5) is 24.8. The van der Waals surface area contributed by atoms with Gasteiger partial charge < -0.3 is 9.47 Å². The van der Waals surface area contributed by atoms with Crippen molar-refractivity contribution in [2.45, 2.75) is 32.4 Å². The Bertz CT molecular complexity index is 1330. The standard InChI is InChI=1S/C25H24N6O/c26-15-21-22-23(25(32)30(18-28-22)17-20-11-5-6-12-27-20)31(16-19-9-3-1-4-10-19)24(21)29-13-7-2-8-14-29/h1,3-6,9-12,18H,2,7-8,13-14,16-17H2. The molecule has 1 saturated heterocycles. The predicted molar refractivity (Wildman–Crippen MR) is 124 cm³/mol. The first kappa shape index (κ1) is 20.0. The predicted octanol–water partition coefficient (Wildman–Crippen LogP) is 3.55. The lowest BCUT2D eigenvalue weighted by molar-refractivity contribution is 0.565. The van der Waals surface area contributed by atoms with Crippen molar-refractivity contribution in [2.75, 3.05) is 18.0 Å². The van der Waals surface area contributed by atoms with Crippen LogP contribution in [-0.4, -0.2) is 32.2 Å². The second kappa shape index (κ2) is 8.67. The molecule has 1 aliphatic heterocycles. The highest BCUT2D eigenvalue weighted by Crippen LogP contribution is 2.32. The summed E-state index contributed by atoms with van der Waals surface area (Å²) in [6.45, 7) is 2.60. The van der Waals surface area contributed by atoms with Crippen LogP contribution >= 0.6 is 0 Å². The fourth-order valence-corrected chi connectivity index (χ4v) is 4.49. The number of nitriles is 1. The summed E-state index contributed by atoms with van der Waals surface area (Å²) < 4.78 is 3.58. The van der Waals surface area contributed by atoms with Gasteiger partial charge in [0.25, 0.3) is 5.56 Å². The molecule has 7 nitrogen and oxygen atoms in total. The van der Waals surface area contributed by atoms with Gasteiger partial charge >= 0.3 is 0 Å². The van der Waals surface area contributed by atoms with Crippen LogP contribution in [0.15, 0.2) is 65.8 Å². The molecule has 7 heteroatoms. The van der Waals surface area contributed by atoms with Gasteiger partial charge in [0, 0.05) is 25.8 Å². The van der Waals surface area contributed by atoms with Crippen molar-refractivity contribution in [3.63, 3.8) is 0 Å². The molecule has 0 saturated carbocycles. The summed E-state index contributed by atoms with van der Waals surface area (Å²) in [6.07, 6.45) is 6.59. The average Bonchev–Trinajstić information content (AvgIpc) is 3.16. The van der Waals surface area contributed by atoms with Crippen LogP contribution in [-0.2, 0) is 13.1 Å². The highest BCUT2D eigenvalue weighted by atomic mass is 16.1. The van der Waals surface area contributed by atoms with E-state index in [1.807, 2.05) is 53.1 Å². The maximum absolute atomic E-state index is 13.7. The lowest BCUT2D eigenvalue weighted by Crippen LogP contribution is -2.32. The minimum Gasteiger partial charge on any atom is -0.357 e. The van der Waals surface area contributed by atoms with Gasteiger partial charge in [-0.25, -0.2) is 4.98 Å². The third-order valence-corrected chi connectivity index (χ3v) is 6.01. The van der Waals surface area contributed by atoms with Gasteiger partial charge in [0.2, 0.25) is 0 Å².